The minimum atomic E-state index is -0.657. The highest BCUT2D eigenvalue weighted by Crippen LogP contribution is 2.49. The number of terminal acetylenes is 1. The van der Waals surface area contributed by atoms with Gasteiger partial charge in [0, 0.05) is 5.56 Å². The molecule has 0 heterocycles. The van der Waals surface area contributed by atoms with Crippen molar-refractivity contribution in [1.29, 1.82) is 0 Å². The molecule has 1 aromatic rings. The van der Waals surface area contributed by atoms with Crippen molar-refractivity contribution in [3.05, 3.63) is 35.4 Å². The second-order valence-corrected chi connectivity index (χ2v) is 3.32. The van der Waals surface area contributed by atoms with Crippen molar-refractivity contribution < 1.29 is 8.78 Å². The summed E-state index contributed by atoms with van der Waals surface area (Å²) in [6.07, 6.45) is 6.62. The summed E-state index contributed by atoms with van der Waals surface area (Å²) in [4.78, 5) is 0. The summed E-state index contributed by atoms with van der Waals surface area (Å²) < 4.78 is 26.5. The quantitative estimate of drug-likeness (QED) is 0.580. The molecular weight excluding hydrogens is 170 g/mol. The number of rotatable bonds is 1. The van der Waals surface area contributed by atoms with Gasteiger partial charge in [0.15, 0.2) is 0 Å². The monoisotopic (exact) mass is 178 g/mol. The SMILES string of the molecule is C#CC1(c2c(F)cccc2F)CC1. The van der Waals surface area contributed by atoms with Crippen LogP contribution in [0.2, 0.25) is 0 Å². The first-order chi connectivity index (χ1) is 6.19. The van der Waals surface area contributed by atoms with E-state index in [0.717, 1.165) is 0 Å². The molecule has 66 valence electrons. The Balaban J connectivity index is 2.58. The van der Waals surface area contributed by atoms with Crippen molar-refractivity contribution in [2.75, 3.05) is 0 Å². The molecule has 0 unspecified atom stereocenters. The van der Waals surface area contributed by atoms with Gasteiger partial charge in [-0.05, 0) is 25.0 Å². The summed E-state index contributed by atoms with van der Waals surface area (Å²) >= 11 is 0. The van der Waals surface area contributed by atoms with Crippen LogP contribution in [-0.4, -0.2) is 0 Å². The van der Waals surface area contributed by atoms with Crippen molar-refractivity contribution >= 4 is 0 Å². The molecule has 13 heavy (non-hydrogen) atoms. The molecule has 2 rings (SSSR count). The van der Waals surface area contributed by atoms with Crippen LogP contribution in [0.4, 0.5) is 8.78 Å². The Morgan fingerprint density at radius 3 is 2.15 bits per heavy atom. The maximum Gasteiger partial charge on any atom is 0.130 e. The zero-order valence-electron chi connectivity index (χ0n) is 6.98. The molecule has 0 N–H and O–H groups in total. The van der Waals surface area contributed by atoms with Crippen LogP contribution in [0, 0.1) is 24.0 Å². The molecule has 1 fully saturated rings. The van der Waals surface area contributed by atoms with E-state index in [0.29, 0.717) is 12.8 Å². The molecule has 0 aliphatic heterocycles. The molecule has 1 aliphatic rings. The summed E-state index contributed by atoms with van der Waals surface area (Å²) in [5.41, 5.74) is -0.590. The van der Waals surface area contributed by atoms with Crippen LogP contribution in [0.3, 0.4) is 0 Å². The van der Waals surface area contributed by atoms with Crippen LogP contribution in [0.15, 0.2) is 18.2 Å². The molecule has 1 saturated carbocycles. The lowest BCUT2D eigenvalue weighted by Gasteiger charge is -2.09. The number of hydrogen-bond acceptors (Lipinski definition) is 0. The van der Waals surface area contributed by atoms with E-state index in [4.69, 9.17) is 6.42 Å². The Bertz CT molecular complexity index is 363. The molecule has 0 aromatic heterocycles. The molecular formula is C11H8F2. The topological polar surface area (TPSA) is 0 Å². The predicted octanol–water partition coefficient (Wildman–Crippen LogP) is 2.63. The molecule has 0 radical (unpaired) electrons. The number of hydrogen-bond donors (Lipinski definition) is 0. The standard InChI is InChI=1S/C11H8F2/c1-2-11(6-7-11)10-8(12)4-3-5-9(10)13/h1,3-5H,6-7H2. The minimum absolute atomic E-state index is 0.0671. The van der Waals surface area contributed by atoms with Crippen LogP contribution in [0.1, 0.15) is 18.4 Å². The molecule has 1 aliphatic carbocycles. The van der Waals surface area contributed by atoms with Gasteiger partial charge < -0.3 is 0 Å². The molecule has 0 amide bonds. The van der Waals surface area contributed by atoms with E-state index in [1.54, 1.807) is 0 Å². The van der Waals surface area contributed by atoms with Crippen molar-refractivity contribution in [3.63, 3.8) is 0 Å². The highest BCUT2D eigenvalue weighted by atomic mass is 19.1. The maximum atomic E-state index is 13.2. The molecule has 2 heteroatoms. The van der Waals surface area contributed by atoms with Crippen LogP contribution in [-0.2, 0) is 5.41 Å². The van der Waals surface area contributed by atoms with Gasteiger partial charge in [0.05, 0.1) is 5.41 Å². The normalized spacial score (nSPS) is 17.9. The fourth-order valence-electron chi connectivity index (χ4n) is 1.55. The molecule has 0 atom stereocenters. The van der Waals surface area contributed by atoms with Crippen LogP contribution in [0.25, 0.3) is 0 Å². The summed E-state index contributed by atoms with van der Waals surface area (Å²) in [5, 5.41) is 0. The summed E-state index contributed by atoms with van der Waals surface area (Å²) in [7, 11) is 0. The predicted molar refractivity (Wildman–Crippen MR) is 46.1 cm³/mol. The highest BCUT2D eigenvalue weighted by molar-refractivity contribution is 5.42. The van der Waals surface area contributed by atoms with Gasteiger partial charge in [-0.25, -0.2) is 8.78 Å². The highest BCUT2D eigenvalue weighted by Gasteiger charge is 2.46. The van der Waals surface area contributed by atoms with Crippen molar-refractivity contribution in [3.8, 4) is 12.3 Å². The first-order valence-corrected chi connectivity index (χ1v) is 4.12. The van der Waals surface area contributed by atoms with Gasteiger partial charge in [0.1, 0.15) is 11.6 Å². The van der Waals surface area contributed by atoms with Gasteiger partial charge in [-0.1, -0.05) is 12.0 Å². The summed E-state index contributed by atoms with van der Waals surface area (Å²) in [6, 6.07) is 3.84. The van der Waals surface area contributed by atoms with Gasteiger partial charge in [-0.15, -0.1) is 6.42 Å². The molecule has 0 nitrogen and oxygen atoms in total. The molecule has 0 spiro atoms. The lowest BCUT2D eigenvalue weighted by atomic mass is 9.96. The average Bonchev–Trinajstić information content (AvgIpc) is 2.85. The lowest BCUT2D eigenvalue weighted by molar-refractivity contribution is 0.543. The van der Waals surface area contributed by atoms with E-state index in [1.165, 1.54) is 18.2 Å². The maximum absolute atomic E-state index is 13.2. The average molecular weight is 178 g/mol. The first-order valence-electron chi connectivity index (χ1n) is 4.12. The van der Waals surface area contributed by atoms with Crippen molar-refractivity contribution in [1.82, 2.24) is 0 Å². The van der Waals surface area contributed by atoms with Crippen LogP contribution >= 0.6 is 0 Å². The smallest absolute Gasteiger partial charge is 0.130 e. The van der Waals surface area contributed by atoms with Crippen LogP contribution in [0.5, 0.6) is 0 Å². The molecule has 1 aromatic carbocycles. The second-order valence-electron chi connectivity index (χ2n) is 3.32. The van der Waals surface area contributed by atoms with Crippen molar-refractivity contribution in [2.24, 2.45) is 0 Å². The Morgan fingerprint density at radius 2 is 1.77 bits per heavy atom. The summed E-state index contributed by atoms with van der Waals surface area (Å²) in [5.74, 6) is 1.41. The van der Waals surface area contributed by atoms with Crippen LogP contribution < -0.4 is 0 Å². The number of benzene rings is 1. The fourth-order valence-corrected chi connectivity index (χ4v) is 1.55. The van der Waals surface area contributed by atoms with Gasteiger partial charge in [-0.2, -0.15) is 0 Å². The molecule has 0 saturated heterocycles. The lowest BCUT2D eigenvalue weighted by Crippen LogP contribution is -2.08. The third-order valence-electron chi connectivity index (χ3n) is 2.47. The van der Waals surface area contributed by atoms with Crippen molar-refractivity contribution in [2.45, 2.75) is 18.3 Å². The van der Waals surface area contributed by atoms with E-state index in [9.17, 15) is 8.78 Å². The third kappa shape index (κ3) is 1.12. The first kappa shape index (κ1) is 8.25. The third-order valence-corrected chi connectivity index (χ3v) is 2.47. The van der Waals surface area contributed by atoms with E-state index < -0.39 is 17.0 Å². The largest absolute Gasteiger partial charge is 0.207 e. The molecule has 0 bridgehead atoms. The Labute approximate surface area is 75.6 Å². The Hall–Kier alpha value is -1.36. The minimum Gasteiger partial charge on any atom is -0.207 e. The van der Waals surface area contributed by atoms with E-state index in [-0.39, 0.29) is 5.56 Å². The van der Waals surface area contributed by atoms with Gasteiger partial charge in [0.25, 0.3) is 0 Å². The van der Waals surface area contributed by atoms with E-state index in [2.05, 4.69) is 5.92 Å². The Kier molecular flexibility index (Phi) is 1.63. The van der Waals surface area contributed by atoms with Gasteiger partial charge >= 0.3 is 0 Å². The number of halogens is 2. The van der Waals surface area contributed by atoms with Gasteiger partial charge in [-0.3, -0.25) is 0 Å². The Morgan fingerprint density at radius 1 is 1.23 bits per heavy atom. The second kappa shape index (κ2) is 2.56. The van der Waals surface area contributed by atoms with E-state index in [1.807, 2.05) is 0 Å². The van der Waals surface area contributed by atoms with Gasteiger partial charge in [0.2, 0.25) is 0 Å². The summed E-state index contributed by atoms with van der Waals surface area (Å²) in [6.45, 7) is 0. The zero-order chi connectivity index (χ0) is 9.47. The van der Waals surface area contributed by atoms with E-state index >= 15 is 0 Å². The fraction of sp³-hybridized carbons (Fsp3) is 0.273. The zero-order valence-corrected chi connectivity index (χ0v) is 6.98.